The Hall–Kier alpha value is -2.08. The molecule has 0 aliphatic rings. The van der Waals surface area contributed by atoms with Crippen molar-refractivity contribution in [3.63, 3.8) is 0 Å². The molecule has 0 atom stereocenters. The molecular weight excluding hydrogens is 229 g/mol. The second kappa shape index (κ2) is 4.66. The van der Waals surface area contributed by atoms with Gasteiger partial charge in [-0.15, -0.1) is 6.42 Å². The van der Waals surface area contributed by atoms with Gasteiger partial charge in [-0.3, -0.25) is 4.79 Å². The van der Waals surface area contributed by atoms with Gasteiger partial charge in [-0.2, -0.15) is 0 Å². The van der Waals surface area contributed by atoms with Crippen molar-refractivity contribution >= 4 is 16.7 Å². The Labute approximate surface area is 105 Å². The van der Waals surface area contributed by atoms with E-state index in [4.69, 9.17) is 6.42 Å². The van der Waals surface area contributed by atoms with Crippen LogP contribution in [0.4, 0.5) is 4.39 Å². The Kier molecular flexibility index (Phi) is 3.20. The number of fused-ring (bicyclic) bond motifs is 1. The molecule has 1 N–H and O–H groups in total. The van der Waals surface area contributed by atoms with E-state index in [-0.39, 0.29) is 17.5 Å². The van der Waals surface area contributed by atoms with Crippen molar-refractivity contribution in [1.29, 1.82) is 0 Å². The van der Waals surface area contributed by atoms with Gasteiger partial charge in [0.25, 0.3) is 0 Å². The zero-order chi connectivity index (χ0) is 13.3. The molecule has 2 rings (SSSR count). The van der Waals surface area contributed by atoms with Gasteiger partial charge >= 0.3 is 0 Å². The van der Waals surface area contributed by atoms with E-state index in [1.54, 1.807) is 6.07 Å². The molecule has 18 heavy (non-hydrogen) atoms. The number of hydrogen-bond acceptors (Lipinski definition) is 1. The molecule has 2 aromatic rings. The summed E-state index contributed by atoms with van der Waals surface area (Å²) in [6, 6.07) is 4.29. The van der Waals surface area contributed by atoms with Gasteiger partial charge in [-0.25, -0.2) is 4.39 Å². The van der Waals surface area contributed by atoms with Crippen molar-refractivity contribution in [2.24, 2.45) is 5.92 Å². The third-order valence-corrected chi connectivity index (χ3v) is 2.78. The first kappa shape index (κ1) is 12.4. The lowest BCUT2D eigenvalue weighted by molar-refractivity contribution is 0.0963. The standard InChI is InChI=1S/C15H14FNO/c1-4-11-12-8-10(16)5-6-13(12)17-15(11)14(18)7-9(2)3/h1,5-6,8-9,17H,7H2,2-3H3. The molecule has 0 aliphatic carbocycles. The average molecular weight is 243 g/mol. The topological polar surface area (TPSA) is 32.9 Å². The summed E-state index contributed by atoms with van der Waals surface area (Å²) in [7, 11) is 0. The summed E-state index contributed by atoms with van der Waals surface area (Å²) in [5.41, 5.74) is 1.55. The quantitative estimate of drug-likeness (QED) is 0.649. The van der Waals surface area contributed by atoms with Crippen LogP contribution in [0.25, 0.3) is 10.9 Å². The van der Waals surface area contributed by atoms with Gasteiger partial charge in [0.1, 0.15) is 5.82 Å². The zero-order valence-electron chi connectivity index (χ0n) is 10.4. The van der Waals surface area contributed by atoms with Gasteiger partial charge in [-0.05, 0) is 24.1 Å². The number of carbonyl (C=O) groups is 1. The van der Waals surface area contributed by atoms with Crippen LogP contribution in [0.3, 0.4) is 0 Å². The zero-order valence-corrected chi connectivity index (χ0v) is 10.4. The molecule has 3 heteroatoms. The number of ketones is 1. The summed E-state index contributed by atoms with van der Waals surface area (Å²) < 4.78 is 13.2. The highest BCUT2D eigenvalue weighted by molar-refractivity contribution is 6.04. The van der Waals surface area contributed by atoms with Crippen LogP contribution in [0.1, 0.15) is 36.3 Å². The first-order valence-electron chi connectivity index (χ1n) is 5.84. The number of hydrogen-bond donors (Lipinski definition) is 1. The predicted molar refractivity (Wildman–Crippen MR) is 70.0 cm³/mol. The average Bonchev–Trinajstić information content (AvgIpc) is 2.65. The van der Waals surface area contributed by atoms with Crippen molar-refractivity contribution in [2.45, 2.75) is 20.3 Å². The number of benzene rings is 1. The molecule has 1 aromatic carbocycles. The van der Waals surface area contributed by atoms with E-state index in [1.165, 1.54) is 12.1 Å². The molecule has 0 radical (unpaired) electrons. The maximum absolute atomic E-state index is 13.2. The van der Waals surface area contributed by atoms with Gasteiger partial charge in [0, 0.05) is 17.3 Å². The smallest absolute Gasteiger partial charge is 0.180 e. The van der Waals surface area contributed by atoms with Crippen LogP contribution in [0.15, 0.2) is 18.2 Å². The summed E-state index contributed by atoms with van der Waals surface area (Å²) in [6.07, 6.45) is 5.86. The lowest BCUT2D eigenvalue weighted by Crippen LogP contribution is -2.05. The van der Waals surface area contributed by atoms with Crippen LogP contribution < -0.4 is 0 Å². The van der Waals surface area contributed by atoms with Crippen LogP contribution in [-0.4, -0.2) is 10.8 Å². The number of Topliss-reactive ketones (excluding diaryl/α,β-unsaturated/α-hetero) is 1. The molecule has 1 aromatic heterocycles. The molecule has 0 bridgehead atoms. The van der Waals surface area contributed by atoms with Crippen molar-refractivity contribution in [3.8, 4) is 12.3 Å². The number of aromatic nitrogens is 1. The Morgan fingerprint density at radius 3 is 2.83 bits per heavy atom. The van der Waals surface area contributed by atoms with Crippen molar-refractivity contribution in [1.82, 2.24) is 4.98 Å². The molecule has 1 heterocycles. The molecule has 0 unspecified atom stereocenters. The van der Waals surface area contributed by atoms with Crippen LogP contribution in [0.5, 0.6) is 0 Å². The molecule has 2 nitrogen and oxygen atoms in total. The van der Waals surface area contributed by atoms with Crippen molar-refractivity contribution < 1.29 is 9.18 Å². The summed E-state index contributed by atoms with van der Waals surface area (Å²) in [4.78, 5) is 15.1. The number of rotatable bonds is 3. The number of halogens is 1. The van der Waals surface area contributed by atoms with Gasteiger partial charge in [0.2, 0.25) is 0 Å². The van der Waals surface area contributed by atoms with E-state index in [9.17, 15) is 9.18 Å². The number of carbonyl (C=O) groups excluding carboxylic acids is 1. The van der Waals surface area contributed by atoms with E-state index >= 15 is 0 Å². The Balaban J connectivity index is 2.58. The van der Waals surface area contributed by atoms with Crippen molar-refractivity contribution in [2.75, 3.05) is 0 Å². The molecule has 0 spiro atoms. The lowest BCUT2D eigenvalue weighted by Gasteiger charge is -2.02. The van der Waals surface area contributed by atoms with Gasteiger partial charge in [-0.1, -0.05) is 19.8 Å². The van der Waals surface area contributed by atoms with Crippen LogP contribution in [0.2, 0.25) is 0 Å². The first-order chi connectivity index (χ1) is 8.52. The molecule has 0 aliphatic heterocycles. The third kappa shape index (κ3) is 2.14. The van der Waals surface area contributed by atoms with Gasteiger partial charge in [0.05, 0.1) is 11.3 Å². The summed E-state index contributed by atoms with van der Waals surface area (Å²) in [6.45, 7) is 3.94. The SMILES string of the molecule is C#Cc1c(C(=O)CC(C)C)[nH]c2ccc(F)cc12. The Morgan fingerprint density at radius 2 is 2.22 bits per heavy atom. The predicted octanol–water partition coefficient (Wildman–Crippen LogP) is 3.52. The summed E-state index contributed by atoms with van der Waals surface area (Å²) in [5, 5.41) is 0.588. The molecule has 0 fully saturated rings. The Morgan fingerprint density at radius 1 is 1.50 bits per heavy atom. The highest BCUT2D eigenvalue weighted by Crippen LogP contribution is 2.24. The fraction of sp³-hybridized carbons (Fsp3) is 0.267. The maximum Gasteiger partial charge on any atom is 0.180 e. The van der Waals surface area contributed by atoms with Gasteiger partial charge in [0.15, 0.2) is 5.78 Å². The largest absolute Gasteiger partial charge is 0.351 e. The van der Waals surface area contributed by atoms with Crippen LogP contribution in [0, 0.1) is 24.1 Å². The van der Waals surface area contributed by atoms with E-state index in [0.717, 1.165) is 0 Å². The summed E-state index contributed by atoms with van der Waals surface area (Å²) >= 11 is 0. The molecular formula is C15H14FNO. The minimum atomic E-state index is -0.360. The first-order valence-corrected chi connectivity index (χ1v) is 5.84. The number of aromatic amines is 1. The molecule has 0 saturated heterocycles. The third-order valence-electron chi connectivity index (χ3n) is 2.78. The van der Waals surface area contributed by atoms with Crippen LogP contribution in [-0.2, 0) is 0 Å². The Bertz CT molecular complexity index is 646. The maximum atomic E-state index is 13.2. The minimum Gasteiger partial charge on any atom is -0.351 e. The monoisotopic (exact) mass is 243 g/mol. The summed E-state index contributed by atoms with van der Waals surface area (Å²) in [5.74, 6) is 2.34. The van der Waals surface area contributed by atoms with E-state index in [0.29, 0.717) is 28.6 Å². The fourth-order valence-corrected chi connectivity index (χ4v) is 2.00. The lowest BCUT2D eigenvalue weighted by atomic mass is 10.0. The number of terminal acetylenes is 1. The highest BCUT2D eigenvalue weighted by atomic mass is 19.1. The number of H-pyrrole nitrogens is 1. The molecule has 92 valence electrons. The second-order valence-electron chi connectivity index (χ2n) is 4.73. The number of nitrogens with one attached hydrogen (secondary N) is 1. The van der Waals surface area contributed by atoms with Crippen molar-refractivity contribution in [3.05, 3.63) is 35.3 Å². The van der Waals surface area contributed by atoms with E-state index in [2.05, 4.69) is 10.9 Å². The van der Waals surface area contributed by atoms with E-state index in [1.807, 2.05) is 13.8 Å². The highest BCUT2D eigenvalue weighted by Gasteiger charge is 2.17. The normalized spacial score (nSPS) is 10.8. The fourth-order valence-electron chi connectivity index (χ4n) is 2.00. The van der Waals surface area contributed by atoms with Gasteiger partial charge < -0.3 is 4.98 Å². The molecule has 0 saturated carbocycles. The van der Waals surface area contributed by atoms with E-state index < -0.39 is 0 Å². The molecule has 0 amide bonds. The second-order valence-corrected chi connectivity index (χ2v) is 4.73. The van der Waals surface area contributed by atoms with Crippen LogP contribution >= 0.6 is 0 Å². The minimum absolute atomic E-state index is 0.0328.